The number of nitrogens with zero attached hydrogens (tertiary/aromatic N) is 3. The van der Waals surface area contributed by atoms with Gasteiger partial charge in [0.15, 0.2) is 11.5 Å². The van der Waals surface area contributed by atoms with Gasteiger partial charge in [-0.25, -0.2) is 13.8 Å². The van der Waals surface area contributed by atoms with Crippen LogP contribution in [-0.2, 0) is 6.54 Å². The lowest BCUT2D eigenvalue weighted by atomic mass is 10.1. The number of nitriles is 1. The number of imidazole rings is 1. The Kier molecular flexibility index (Phi) is 3.71. The third kappa shape index (κ3) is 2.61. The number of alkyl halides is 2. The van der Waals surface area contributed by atoms with E-state index in [1.807, 2.05) is 18.2 Å². The Hall–Kier alpha value is -2.94. The van der Waals surface area contributed by atoms with Crippen LogP contribution in [0.25, 0.3) is 5.65 Å². The van der Waals surface area contributed by atoms with Gasteiger partial charge < -0.3 is 5.32 Å². The second kappa shape index (κ2) is 5.82. The number of aromatic nitrogens is 2. The molecule has 4 nitrogen and oxygen atoms in total. The third-order valence-corrected chi connectivity index (χ3v) is 3.33. The van der Waals surface area contributed by atoms with Crippen molar-refractivity contribution in [2.24, 2.45) is 0 Å². The SMILES string of the molecule is N#Cc1c(NCc2ccc(C(F)F)cc2)nc2ccccn12. The van der Waals surface area contributed by atoms with Gasteiger partial charge in [-0.1, -0.05) is 30.3 Å². The van der Waals surface area contributed by atoms with Gasteiger partial charge >= 0.3 is 0 Å². The summed E-state index contributed by atoms with van der Waals surface area (Å²) in [7, 11) is 0. The van der Waals surface area contributed by atoms with Gasteiger partial charge in [0.05, 0.1) is 0 Å². The van der Waals surface area contributed by atoms with E-state index in [1.54, 1.807) is 22.7 Å². The zero-order chi connectivity index (χ0) is 15.5. The fraction of sp³-hybridized carbons (Fsp3) is 0.125. The smallest absolute Gasteiger partial charge is 0.263 e. The molecule has 0 amide bonds. The molecule has 0 bridgehead atoms. The second-order valence-corrected chi connectivity index (χ2v) is 4.75. The monoisotopic (exact) mass is 298 g/mol. The normalized spacial score (nSPS) is 10.8. The number of rotatable bonds is 4. The molecule has 110 valence electrons. The molecule has 1 aromatic carbocycles. The van der Waals surface area contributed by atoms with E-state index in [-0.39, 0.29) is 5.56 Å². The zero-order valence-corrected chi connectivity index (χ0v) is 11.5. The molecule has 3 aromatic rings. The van der Waals surface area contributed by atoms with E-state index in [4.69, 9.17) is 0 Å². The lowest BCUT2D eigenvalue weighted by Gasteiger charge is -2.05. The highest BCUT2D eigenvalue weighted by molar-refractivity contribution is 5.59. The van der Waals surface area contributed by atoms with Gasteiger partial charge in [0, 0.05) is 18.3 Å². The first kappa shape index (κ1) is 14.0. The molecule has 6 heteroatoms. The van der Waals surface area contributed by atoms with Gasteiger partial charge in [0.2, 0.25) is 0 Å². The average Bonchev–Trinajstić information content (AvgIpc) is 2.90. The zero-order valence-electron chi connectivity index (χ0n) is 11.5. The van der Waals surface area contributed by atoms with Crippen molar-refractivity contribution in [3.63, 3.8) is 0 Å². The number of fused-ring (bicyclic) bond motifs is 1. The minimum Gasteiger partial charge on any atom is -0.364 e. The van der Waals surface area contributed by atoms with Crippen LogP contribution in [0.5, 0.6) is 0 Å². The Morgan fingerprint density at radius 1 is 1.18 bits per heavy atom. The van der Waals surface area contributed by atoms with Crippen molar-refractivity contribution < 1.29 is 8.78 Å². The molecular formula is C16H12F2N4. The number of halogens is 2. The molecule has 0 atom stereocenters. The maximum absolute atomic E-state index is 12.5. The average molecular weight is 298 g/mol. The first-order chi connectivity index (χ1) is 10.7. The van der Waals surface area contributed by atoms with E-state index in [0.29, 0.717) is 23.7 Å². The van der Waals surface area contributed by atoms with Crippen molar-refractivity contribution in [1.29, 1.82) is 5.26 Å². The van der Waals surface area contributed by atoms with E-state index in [0.717, 1.165) is 5.56 Å². The highest BCUT2D eigenvalue weighted by atomic mass is 19.3. The number of hydrogen-bond donors (Lipinski definition) is 1. The highest BCUT2D eigenvalue weighted by Crippen LogP contribution is 2.20. The molecule has 2 heterocycles. The molecule has 0 unspecified atom stereocenters. The second-order valence-electron chi connectivity index (χ2n) is 4.75. The molecule has 0 aliphatic rings. The molecule has 0 radical (unpaired) electrons. The third-order valence-electron chi connectivity index (χ3n) is 3.33. The molecule has 0 spiro atoms. The fourth-order valence-electron chi connectivity index (χ4n) is 2.19. The molecule has 0 aliphatic carbocycles. The van der Waals surface area contributed by atoms with Gasteiger partial charge in [-0.05, 0) is 17.7 Å². The van der Waals surface area contributed by atoms with Gasteiger partial charge in [-0.15, -0.1) is 0 Å². The van der Waals surface area contributed by atoms with E-state index in [9.17, 15) is 14.0 Å². The molecule has 0 fully saturated rings. The quantitative estimate of drug-likeness (QED) is 0.798. The van der Waals surface area contributed by atoms with Crippen LogP contribution in [0.2, 0.25) is 0 Å². The summed E-state index contributed by atoms with van der Waals surface area (Å²) in [4.78, 5) is 4.35. The number of pyridine rings is 1. The Bertz CT molecular complexity index is 831. The maximum atomic E-state index is 12.5. The Balaban J connectivity index is 1.80. The number of nitrogens with one attached hydrogen (secondary N) is 1. The largest absolute Gasteiger partial charge is 0.364 e. The van der Waals surface area contributed by atoms with Gasteiger partial charge in [0.25, 0.3) is 6.43 Å². The van der Waals surface area contributed by atoms with Crippen LogP contribution < -0.4 is 5.32 Å². The number of anilines is 1. The Morgan fingerprint density at radius 3 is 2.64 bits per heavy atom. The minimum absolute atomic E-state index is 0.00538. The topological polar surface area (TPSA) is 53.1 Å². The molecule has 22 heavy (non-hydrogen) atoms. The lowest BCUT2D eigenvalue weighted by Crippen LogP contribution is -2.02. The molecule has 3 rings (SSSR count). The van der Waals surface area contributed by atoms with Crippen LogP contribution in [0.3, 0.4) is 0 Å². The summed E-state index contributed by atoms with van der Waals surface area (Å²) < 4.78 is 26.7. The highest BCUT2D eigenvalue weighted by Gasteiger charge is 2.11. The van der Waals surface area contributed by atoms with Crippen LogP contribution in [0.15, 0.2) is 48.7 Å². The summed E-state index contributed by atoms with van der Waals surface area (Å²) in [6.45, 7) is 0.405. The Morgan fingerprint density at radius 2 is 1.95 bits per heavy atom. The maximum Gasteiger partial charge on any atom is 0.263 e. The molecule has 0 saturated heterocycles. The van der Waals surface area contributed by atoms with Crippen LogP contribution in [0.1, 0.15) is 23.2 Å². The van der Waals surface area contributed by atoms with Crippen molar-refractivity contribution in [1.82, 2.24) is 9.38 Å². The first-order valence-electron chi connectivity index (χ1n) is 6.67. The first-order valence-corrected chi connectivity index (χ1v) is 6.67. The van der Waals surface area contributed by atoms with E-state index in [2.05, 4.69) is 16.4 Å². The summed E-state index contributed by atoms with van der Waals surface area (Å²) in [6.07, 6.45) is -0.700. The van der Waals surface area contributed by atoms with E-state index >= 15 is 0 Å². The van der Waals surface area contributed by atoms with Gasteiger partial charge in [-0.2, -0.15) is 5.26 Å². The fourth-order valence-corrected chi connectivity index (χ4v) is 2.19. The van der Waals surface area contributed by atoms with Crippen LogP contribution in [-0.4, -0.2) is 9.38 Å². The van der Waals surface area contributed by atoms with E-state index in [1.165, 1.54) is 12.1 Å². The van der Waals surface area contributed by atoms with Gasteiger partial charge in [0.1, 0.15) is 11.7 Å². The van der Waals surface area contributed by atoms with Crippen molar-refractivity contribution in [3.8, 4) is 6.07 Å². The van der Waals surface area contributed by atoms with Crippen LogP contribution >= 0.6 is 0 Å². The summed E-state index contributed by atoms with van der Waals surface area (Å²) in [5.41, 5.74) is 1.92. The summed E-state index contributed by atoms with van der Waals surface area (Å²) in [5, 5.41) is 12.3. The van der Waals surface area contributed by atoms with E-state index < -0.39 is 6.43 Å². The van der Waals surface area contributed by atoms with Crippen molar-refractivity contribution in [2.45, 2.75) is 13.0 Å². The summed E-state index contributed by atoms with van der Waals surface area (Å²) >= 11 is 0. The Labute approximate surface area is 125 Å². The van der Waals surface area contributed by atoms with Crippen LogP contribution in [0.4, 0.5) is 14.6 Å². The molecular weight excluding hydrogens is 286 g/mol. The predicted octanol–water partition coefficient (Wildman–Crippen LogP) is 3.76. The van der Waals surface area contributed by atoms with Crippen LogP contribution in [0, 0.1) is 11.3 Å². The molecule has 2 aromatic heterocycles. The minimum atomic E-state index is -2.47. The van der Waals surface area contributed by atoms with Gasteiger partial charge in [-0.3, -0.25) is 4.40 Å². The molecule has 1 N–H and O–H groups in total. The lowest BCUT2D eigenvalue weighted by molar-refractivity contribution is 0.151. The predicted molar refractivity (Wildman–Crippen MR) is 78.6 cm³/mol. The van der Waals surface area contributed by atoms with Crippen molar-refractivity contribution in [2.75, 3.05) is 5.32 Å². The molecule has 0 saturated carbocycles. The van der Waals surface area contributed by atoms with Crippen molar-refractivity contribution in [3.05, 3.63) is 65.5 Å². The van der Waals surface area contributed by atoms with Crippen molar-refractivity contribution >= 4 is 11.5 Å². The standard InChI is InChI=1S/C16H12F2N4/c17-15(18)12-6-4-11(5-7-12)10-20-16-13(9-19)22-8-2-1-3-14(22)21-16/h1-8,15,20H,10H2. The number of hydrogen-bond acceptors (Lipinski definition) is 3. The molecule has 0 aliphatic heterocycles. The summed E-state index contributed by atoms with van der Waals surface area (Å²) in [5.74, 6) is 0.478. The summed E-state index contributed by atoms with van der Waals surface area (Å²) in [6, 6.07) is 13.7. The number of benzene rings is 1.